The summed E-state index contributed by atoms with van der Waals surface area (Å²) in [5.74, 6) is -0.307. The largest absolute Gasteiger partial charge is 0.322 e. The minimum Gasteiger partial charge on any atom is -0.322 e. The van der Waals surface area contributed by atoms with E-state index < -0.39 is 0 Å². The number of nitrogens with zero attached hydrogens (tertiary/aromatic N) is 1. The quantitative estimate of drug-likeness (QED) is 0.862. The molecule has 0 bridgehead atoms. The highest BCUT2D eigenvalue weighted by atomic mass is 35.5. The van der Waals surface area contributed by atoms with E-state index in [9.17, 15) is 4.79 Å². The maximum absolute atomic E-state index is 12.0. The van der Waals surface area contributed by atoms with Gasteiger partial charge in [0, 0.05) is 5.69 Å². The van der Waals surface area contributed by atoms with Crippen LogP contribution in [0.2, 0.25) is 10.3 Å². The predicted molar refractivity (Wildman–Crippen MR) is 78.0 cm³/mol. The van der Waals surface area contributed by atoms with Gasteiger partial charge < -0.3 is 5.32 Å². The second-order valence-electron chi connectivity index (χ2n) is 3.98. The van der Waals surface area contributed by atoms with Gasteiger partial charge in [0.05, 0.1) is 5.56 Å². The number of halogens is 2. The van der Waals surface area contributed by atoms with Crippen LogP contribution in [-0.2, 0) is 6.42 Å². The van der Waals surface area contributed by atoms with E-state index in [2.05, 4.69) is 17.2 Å². The highest BCUT2D eigenvalue weighted by Crippen LogP contribution is 2.18. The average molecular weight is 295 g/mol. The molecule has 0 radical (unpaired) electrons. The molecule has 1 aromatic carbocycles. The van der Waals surface area contributed by atoms with Crippen molar-refractivity contribution in [2.24, 2.45) is 0 Å². The number of anilines is 1. The van der Waals surface area contributed by atoms with Gasteiger partial charge in [-0.1, -0.05) is 42.3 Å². The topological polar surface area (TPSA) is 42.0 Å². The first-order valence-corrected chi connectivity index (χ1v) is 6.58. The molecule has 0 saturated carbocycles. The molecule has 3 nitrogen and oxygen atoms in total. The summed E-state index contributed by atoms with van der Waals surface area (Å²) in [5.41, 5.74) is 2.23. The SMILES string of the molecule is CCc1ccc(NC(=O)c2ccc(Cl)nc2Cl)cc1. The van der Waals surface area contributed by atoms with E-state index in [1.807, 2.05) is 24.3 Å². The van der Waals surface area contributed by atoms with E-state index in [1.54, 1.807) is 6.07 Å². The Morgan fingerprint density at radius 3 is 2.42 bits per heavy atom. The highest BCUT2D eigenvalue weighted by Gasteiger charge is 2.12. The van der Waals surface area contributed by atoms with Crippen LogP contribution in [0.15, 0.2) is 36.4 Å². The van der Waals surface area contributed by atoms with Gasteiger partial charge in [0.1, 0.15) is 10.3 Å². The van der Waals surface area contributed by atoms with Crippen LogP contribution < -0.4 is 5.32 Å². The van der Waals surface area contributed by atoms with Gasteiger partial charge in [-0.2, -0.15) is 0 Å². The smallest absolute Gasteiger partial charge is 0.258 e. The number of carbonyl (C=O) groups excluding carboxylic acids is 1. The molecular formula is C14H12Cl2N2O. The van der Waals surface area contributed by atoms with Gasteiger partial charge in [-0.15, -0.1) is 0 Å². The first-order valence-electron chi connectivity index (χ1n) is 5.82. The van der Waals surface area contributed by atoms with Crippen molar-refractivity contribution in [3.63, 3.8) is 0 Å². The van der Waals surface area contributed by atoms with Crippen LogP contribution in [0.4, 0.5) is 5.69 Å². The van der Waals surface area contributed by atoms with E-state index in [0.29, 0.717) is 11.3 Å². The Morgan fingerprint density at radius 2 is 1.84 bits per heavy atom. The van der Waals surface area contributed by atoms with Crippen molar-refractivity contribution >= 4 is 34.8 Å². The third-order valence-corrected chi connectivity index (χ3v) is 3.18. The number of pyridine rings is 1. The molecule has 0 fully saturated rings. The zero-order chi connectivity index (χ0) is 13.8. The fourth-order valence-electron chi connectivity index (χ4n) is 1.60. The first-order chi connectivity index (χ1) is 9.10. The van der Waals surface area contributed by atoms with Gasteiger partial charge in [0.15, 0.2) is 0 Å². The number of aromatic nitrogens is 1. The summed E-state index contributed by atoms with van der Waals surface area (Å²) < 4.78 is 0. The summed E-state index contributed by atoms with van der Waals surface area (Å²) in [6.07, 6.45) is 0.959. The van der Waals surface area contributed by atoms with E-state index in [4.69, 9.17) is 23.2 Å². The second kappa shape index (κ2) is 6.04. The molecule has 1 heterocycles. The Morgan fingerprint density at radius 1 is 1.16 bits per heavy atom. The molecule has 0 aliphatic rings. The van der Waals surface area contributed by atoms with Crippen LogP contribution in [0.25, 0.3) is 0 Å². The summed E-state index contributed by atoms with van der Waals surface area (Å²) in [7, 11) is 0. The van der Waals surface area contributed by atoms with E-state index in [0.717, 1.165) is 6.42 Å². The predicted octanol–water partition coefficient (Wildman–Crippen LogP) is 4.20. The lowest BCUT2D eigenvalue weighted by atomic mass is 10.1. The molecular weight excluding hydrogens is 283 g/mol. The summed E-state index contributed by atoms with van der Waals surface area (Å²) >= 11 is 11.6. The molecule has 0 spiro atoms. The molecule has 2 rings (SSSR count). The Hall–Kier alpha value is -1.58. The van der Waals surface area contributed by atoms with Crippen molar-refractivity contribution in [3.05, 3.63) is 57.8 Å². The van der Waals surface area contributed by atoms with E-state index >= 15 is 0 Å². The van der Waals surface area contributed by atoms with E-state index in [-0.39, 0.29) is 16.2 Å². The van der Waals surface area contributed by atoms with Crippen molar-refractivity contribution in [1.29, 1.82) is 0 Å². The van der Waals surface area contributed by atoms with Crippen LogP contribution in [0.1, 0.15) is 22.8 Å². The van der Waals surface area contributed by atoms with Crippen molar-refractivity contribution in [2.75, 3.05) is 5.32 Å². The zero-order valence-electron chi connectivity index (χ0n) is 10.3. The van der Waals surface area contributed by atoms with Gasteiger partial charge in [-0.3, -0.25) is 4.79 Å². The Kier molecular flexibility index (Phi) is 4.40. The lowest BCUT2D eigenvalue weighted by Gasteiger charge is -2.07. The van der Waals surface area contributed by atoms with Crippen LogP contribution >= 0.6 is 23.2 Å². The molecule has 2 aromatic rings. The molecule has 0 atom stereocenters. The fraction of sp³-hybridized carbons (Fsp3) is 0.143. The summed E-state index contributed by atoms with van der Waals surface area (Å²) in [6.45, 7) is 2.08. The van der Waals surface area contributed by atoms with Gasteiger partial charge in [0.25, 0.3) is 5.91 Å². The summed E-state index contributed by atoms with van der Waals surface area (Å²) in [4.78, 5) is 15.9. The van der Waals surface area contributed by atoms with Crippen molar-refractivity contribution in [1.82, 2.24) is 4.98 Å². The van der Waals surface area contributed by atoms with Gasteiger partial charge >= 0.3 is 0 Å². The third kappa shape index (κ3) is 3.46. The molecule has 1 N–H and O–H groups in total. The Balaban J connectivity index is 2.15. The summed E-state index contributed by atoms with van der Waals surface area (Å²) in [5, 5.41) is 3.11. The number of amides is 1. The number of nitrogens with one attached hydrogen (secondary N) is 1. The molecule has 0 unspecified atom stereocenters. The van der Waals surface area contributed by atoms with Crippen LogP contribution in [-0.4, -0.2) is 10.9 Å². The van der Waals surface area contributed by atoms with Crippen LogP contribution in [0.5, 0.6) is 0 Å². The highest BCUT2D eigenvalue weighted by molar-refractivity contribution is 6.35. The average Bonchev–Trinajstić information content (AvgIpc) is 2.39. The number of benzene rings is 1. The lowest BCUT2D eigenvalue weighted by molar-refractivity contribution is 0.102. The Bertz CT molecular complexity index is 597. The Labute approximate surface area is 121 Å². The van der Waals surface area contributed by atoms with Crippen LogP contribution in [0.3, 0.4) is 0 Å². The standard InChI is InChI=1S/C14H12Cl2N2O/c1-2-9-3-5-10(6-4-9)17-14(19)11-7-8-12(15)18-13(11)16/h3-8H,2H2,1H3,(H,17,19). The minimum atomic E-state index is -0.307. The molecule has 19 heavy (non-hydrogen) atoms. The number of hydrogen-bond donors (Lipinski definition) is 1. The normalized spacial score (nSPS) is 10.3. The van der Waals surface area contributed by atoms with Crippen molar-refractivity contribution in [2.45, 2.75) is 13.3 Å². The lowest BCUT2D eigenvalue weighted by Crippen LogP contribution is -2.13. The number of carbonyl (C=O) groups is 1. The van der Waals surface area contributed by atoms with Gasteiger partial charge in [-0.25, -0.2) is 4.98 Å². The van der Waals surface area contributed by atoms with Gasteiger partial charge in [-0.05, 0) is 36.2 Å². The monoisotopic (exact) mass is 294 g/mol. The number of rotatable bonds is 3. The maximum Gasteiger partial charge on any atom is 0.258 e. The molecule has 0 aliphatic heterocycles. The zero-order valence-corrected chi connectivity index (χ0v) is 11.8. The van der Waals surface area contributed by atoms with E-state index in [1.165, 1.54) is 11.6 Å². The first kappa shape index (κ1) is 13.8. The molecule has 0 saturated heterocycles. The molecule has 5 heteroatoms. The number of aryl methyl sites for hydroxylation is 1. The summed E-state index contributed by atoms with van der Waals surface area (Å²) in [6, 6.07) is 10.7. The third-order valence-electron chi connectivity index (χ3n) is 2.68. The molecule has 1 aromatic heterocycles. The second-order valence-corrected chi connectivity index (χ2v) is 4.72. The van der Waals surface area contributed by atoms with Crippen molar-refractivity contribution in [3.8, 4) is 0 Å². The fourth-order valence-corrected chi connectivity index (χ4v) is 2.03. The van der Waals surface area contributed by atoms with Gasteiger partial charge in [0.2, 0.25) is 0 Å². The number of hydrogen-bond acceptors (Lipinski definition) is 2. The maximum atomic E-state index is 12.0. The minimum absolute atomic E-state index is 0.0928. The van der Waals surface area contributed by atoms with Crippen molar-refractivity contribution < 1.29 is 4.79 Å². The molecule has 98 valence electrons. The molecule has 0 aliphatic carbocycles. The molecule has 1 amide bonds. The van der Waals surface area contributed by atoms with Crippen LogP contribution in [0, 0.1) is 0 Å².